The van der Waals surface area contributed by atoms with Crippen LogP contribution in [0.25, 0.3) is 49.6 Å². The maximum atomic E-state index is 15.1. The summed E-state index contributed by atoms with van der Waals surface area (Å²) in [6.07, 6.45) is 10.6. The molecule has 3 aliphatic carbocycles. The number of rotatable bonds is 1. The molecule has 0 saturated heterocycles. The summed E-state index contributed by atoms with van der Waals surface area (Å²) >= 11 is 0. The first-order valence-electron chi connectivity index (χ1n) is 17.7. The van der Waals surface area contributed by atoms with Gasteiger partial charge < -0.3 is 4.90 Å². The number of benzene rings is 6. The first-order valence-corrected chi connectivity index (χ1v) is 17.7. The van der Waals surface area contributed by atoms with Crippen LogP contribution in [0.2, 0.25) is 0 Å². The highest BCUT2D eigenvalue weighted by Gasteiger charge is 2.53. The molecule has 6 aromatic carbocycles. The average Bonchev–Trinajstić information content (AvgIpc) is 3.76. The predicted molar refractivity (Wildman–Crippen MR) is 206 cm³/mol. The zero-order valence-corrected chi connectivity index (χ0v) is 28.1. The maximum Gasteiger partial charge on any atom is 0.265 e. The molecule has 0 radical (unpaired) electrons. The molecule has 1 spiro atoms. The van der Waals surface area contributed by atoms with Gasteiger partial charge in [0.2, 0.25) is 0 Å². The van der Waals surface area contributed by atoms with Crippen molar-refractivity contribution in [3.63, 3.8) is 0 Å². The van der Waals surface area contributed by atoms with Crippen molar-refractivity contribution in [2.24, 2.45) is 0 Å². The predicted octanol–water partition coefficient (Wildman–Crippen LogP) is 9.54. The minimum absolute atomic E-state index is 0.177. The molecule has 0 N–H and O–H groups in total. The molecule has 2 amide bonds. The molecule has 1 unspecified atom stereocenters. The summed E-state index contributed by atoms with van der Waals surface area (Å²) < 4.78 is 0. The van der Waals surface area contributed by atoms with Gasteiger partial charge in [0.25, 0.3) is 11.8 Å². The van der Waals surface area contributed by atoms with E-state index < -0.39 is 5.41 Å². The Morgan fingerprint density at radius 2 is 1.17 bits per heavy atom. The van der Waals surface area contributed by atoms with Crippen LogP contribution in [0.15, 0.2) is 174 Å². The molecule has 0 aromatic heterocycles. The molecule has 0 saturated carbocycles. The van der Waals surface area contributed by atoms with Crippen molar-refractivity contribution in [1.82, 2.24) is 9.80 Å². The Labute approximate surface area is 299 Å². The summed E-state index contributed by atoms with van der Waals surface area (Å²) in [5.74, 6) is -0.377. The molecule has 3 aliphatic heterocycles. The van der Waals surface area contributed by atoms with E-state index in [0.717, 1.165) is 38.2 Å². The number of fused-ring (bicyclic) bond motifs is 12. The Balaban J connectivity index is 1.20. The van der Waals surface area contributed by atoms with E-state index in [2.05, 4.69) is 127 Å². The van der Waals surface area contributed by atoms with Crippen molar-refractivity contribution in [2.75, 3.05) is 7.05 Å². The van der Waals surface area contributed by atoms with Gasteiger partial charge in [-0.3, -0.25) is 14.5 Å². The molecule has 1 atom stereocenters. The van der Waals surface area contributed by atoms with Gasteiger partial charge in [-0.25, -0.2) is 0 Å². The summed E-state index contributed by atoms with van der Waals surface area (Å²) in [6, 6.07) is 42.8. The van der Waals surface area contributed by atoms with Crippen molar-refractivity contribution in [2.45, 2.75) is 5.41 Å². The Hall–Kier alpha value is -6.78. The van der Waals surface area contributed by atoms with E-state index in [4.69, 9.17) is 0 Å². The number of hydrogen-bond donors (Lipinski definition) is 0. The Kier molecular flexibility index (Phi) is 5.11. The number of carbonyl (C=O) groups is 2. The topological polar surface area (TPSA) is 40.6 Å². The van der Waals surface area contributed by atoms with E-state index in [9.17, 15) is 4.79 Å². The second-order valence-electron chi connectivity index (χ2n) is 14.4. The first kappa shape index (κ1) is 28.0. The minimum Gasteiger partial charge on any atom is -0.310 e. The largest absolute Gasteiger partial charge is 0.310 e. The smallest absolute Gasteiger partial charge is 0.265 e. The van der Waals surface area contributed by atoms with Crippen LogP contribution in [0.1, 0.15) is 33.4 Å². The quantitative estimate of drug-likeness (QED) is 0.164. The van der Waals surface area contributed by atoms with Crippen molar-refractivity contribution in [3.8, 4) is 11.1 Å². The van der Waals surface area contributed by atoms with Gasteiger partial charge in [0.1, 0.15) is 0 Å². The molecular formula is C48H28N2O2. The summed E-state index contributed by atoms with van der Waals surface area (Å²) in [5.41, 5.74) is 13.9. The standard InChI is InChI=1S/C48H28N2O2/c1-49-45(37-24-28-10-2-3-11-30(28)31-12-4-5-13-32(31)37)43-42(46(49)51)44-29-20-22-36-34-15-7-9-17-39(34)48(41(36)25-29)38-16-8-6-14-33(38)35-21-18-27(19-23-40(35)48)26-50(44)47(43)52/h2-26H,1H3/b27-26-. The van der Waals surface area contributed by atoms with Gasteiger partial charge >= 0.3 is 0 Å². The van der Waals surface area contributed by atoms with E-state index in [-0.39, 0.29) is 11.8 Å². The number of likely N-dealkylation sites (N-methyl/N-ethyl adjacent to an activating group) is 1. The van der Waals surface area contributed by atoms with Crippen LogP contribution in [0.5, 0.6) is 0 Å². The van der Waals surface area contributed by atoms with Crippen LogP contribution in [0.3, 0.4) is 0 Å². The Morgan fingerprint density at radius 1 is 0.519 bits per heavy atom. The van der Waals surface area contributed by atoms with Crippen LogP contribution in [0, 0.1) is 0 Å². The molecule has 6 aromatic rings. The van der Waals surface area contributed by atoms with Gasteiger partial charge in [-0.1, -0.05) is 133 Å². The van der Waals surface area contributed by atoms with Gasteiger partial charge in [-0.2, -0.15) is 0 Å². The van der Waals surface area contributed by atoms with Crippen molar-refractivity contribution in [3.05, 3.63) is 208 Å². The molecule has 0 fully saturated rings. The second-order valence-corrected chi connectivity index (χ2v) is 14.4. The highest BCUT2D eigenvalue weighted by molar-refractivity contribution is 6.32. The molecule has 242 valence electrons. The number of nitrogens with zero attached hydrogens (tertiary/aromatic N) is 2. The van der Waals surface area contributed by atoms with Crippen LogP contribution < -0.4 is 0 Å². The second kappa shape index (κ2) is 9.51. The van der Waals surface area contributed by atoms with Crippen molar-refractivity contribution < 1.29 is 9.59 Å². The molecular weight excluding hydrogens is 637 g/mol. The molecule has 4 heteroatoms. The lowest BCUT2D eigenvalue weighted by Gasteiger charge is -2.32. The fourth-order valence-electron chi connectivity index (χ4n) is 9.99. The summed E-state index contributed by atoms with van der Waals surface area (Å²) in [5, 5.41) is 4.29. The third-order valence-electron chi connectivity index (χ3n) is 12.1. The summed E-state index contributed by atoms with van der Waals surface area (Å²) in [6.45, 7) is 0. The van der Waals surface area contributed by atoms with Crippen LogP contribution in [-0.4, -0.2) is 28.7 Å². The van der Waals surface area contributed by atoms with E-state index in [1.807, 2.05) is 24.4 Å². The molecule has 52 heavy (non-hydrogen) atoms. The fraction of sp³-hybridized carbons (Fsp3) is 0.0417. The van der Waals surface area contributed by atoms with Gasteiger partial charge in [0, 0.05) is 18.8 Å². The van der Waals surface area contributed by atoms with E-state index >= 15 is 4.79 Å². The van der Waals surface area contributed by atoms with E-state index in [1.54, 1.807) is 16.8 Å². The summed E-state index contributed by atoms with van der Waals surface area (Å²) in [7, 11) is 1.80. The number of carbonyl (C=O) groups excluding carboxylic acids is 2. The molecule has 12 rings (SSSR count). The van der Waals surface area contributed by atoms with Crippen molar-refractivity contribution in [1.29, 1.82) is 0 Å². The zero-order valence-electron chi connectivity index (χ0n) is 28.1. The minimum atomic E-state index is -0.544. The van der Waals surface area contributed by atoms with Crippen LogP contribution in [0.4, 0.5) is 0 Å². The van der Waals surface area contributed by atoms with E-state index in [0.29, 0.717) is 22.5 Å². The highest BCUT2D eigenvalue weighted by atomic mass is 16.2. The lowest BCUT2D eigenvalue weighted by molar-refractivity contribution is -0.122. The van der Waals surface area contributed by atoms with Gasteiger partial charge in [-0.15, -0.1) is 0 Å². The van der Waals surface area contributed by atoms with Crippen LogP contribution >= 0.6 is 0 Å². The Bertz CT molecular complexity index is 2970. The van der Waals surface area contributed by atoms with Gasteiger partial charge in [-0.05, 0) is 89.3 Å². The maximum absolute atomic E-state index is 15.1. The molecule has 4 nitrogen and oxygen atoms in total. The summed E-state index contributed by atoms with van der Waals surface area (Å²) in [4.78, 5) is 33.2. The molecule has 3 heterocycles. The highest BCUT2D eigenvalue weighted by Crippen LogP contribution is 2.63. The molecule has 4 bridgehead atoms. The van der Waals surface area contributed by atoms with Gasteiger partial charge in [0.05, 0.1) is 28.0 Å². The SMILES string of the molecule is CN1C(=O)C2=C3c4ccc5c(c4)C4(C6=C(C=C/C(=C/N3C(=O)C2=C1c1cc2ccccc2c2ccccc12)C=C6)c1ccccc14)c1ccccc1-5. The zero-order chi connectivity index (χ0) is 34.5. The molecule has 6 aliphatic rings. The lowest BCUT2D eigenvalue weighted by atomic mass is 9.69. The van der Waals surface area contributed by atoms with E-state index in [1.165, 1.54) is 44.5 Å². The fourth-order valence-corrected chi connectivity index (χ4v) is 9.99. The average molecular weight is 665 g/mol. The lowest BCUT2D eigenvalue weighted by Crippen LogP contribution is -2.27. The normalized spacial score (nSPS) is 21.2. The third kappa shape index (κ3) is 3.16. The monoisotopic (exact) mass is 664 g/mol. The van der Waals surface area contributed by atoms with Gasteiger partial charge in [0.15, 0.2) is 0 Å². The number of allylic oxidation sites excluding steroid dienone is 7. The van der Waals surface area contributed by atoms with Crippen LogP contribution in [-0.2, 0) is 15.0 Å². The Morgan fingerprint density at radius 3 is 2.02 bits per heavy atom. The first-order chi connectivity index (χ1) is 25.6. The number of hydrogen-bond acceptors (Lipinski definition) is 2. The number of amides is 2. The van der Waals surface area contributed by atoms with Crippen molar-refractivity contribution >= 4 is 50.3 Å². The third-order valence-corrected chi connectivity index (χ3v) is 12.1.